The van der Waals surface area contributed by atoms with Crippen LogP contribution >= 0.6 is 11.8 Å². The smallest absolute Gasteiger partial charge is 0.313 e. The largest absolute Gasteiger partial charge is 0.507 e. The van der Waals surface area contributed by atoms with E-state index >= 15 is 0 Å². The SMILES string of the molecule is C/C1=C/C[C@H](O)/C=C\[C@H](C)[C@H](O)[C@@H](C)/C=C(/C)C(=O)c2c(O)c(C)cc3c2C(=O)C(SCC(=O)O)=C(NC(=O)\C(C)=C/C=C\C=C/[C@H](C)[C@@H](O)CC1=O)C3=O. The highest BCUT2D eigenvalue weighted by atomic mass is 32.2. The maximum Gasteiger partial charge on any atom is 0.313 e. The Morgan fingerprint density at radius 2 is 1.47 bits per heavy atom. The Hall–Kier alpha value is -4.95. The Morgan fingerprint density at radius 1 is 0.800 bits per heavy atom. The van der Waals surface area contributed by atoms with Crippen LogP contribution in [-0.2, 0) is 14.4 Å². The van der Waals surface area contributed by atoms with Crippen LogP contribution in [0.25, 0.3) is 0 Å². The van der Waals surface area contributed by atoms with Gasteiger partial charge in [0.2, 0.25) is 11.6 Å². The van der Waals surface area contributed by atoms with Crippen molar-refractivity contribution < 1.29 is 54.3 Å². The number of carbonyl (C=O) groups excluding carboxylic acids is 5. The van der Waals surface area contributed by atoms with E-state index in [1.54, 1.807) is 58.1 Å². The number of carbonyl (C=O) groups is 6. The number of hydrogen-bond acceptors (Lipinski definition) is 11. The Balaban J connectivity index is 2.17. The first-order valence-corrected chi connectivity index (χ1v) is 18.8. The van der Waals surface area contributed by atoms with Gasteiger partial charge in [-0.1, -0.05) is 75.5 Å². The zero-order valence-corrected chi connectivity index (χ0v) is 32.8. The van der Waals surface area contributed by atoms with Crippen molar-refractivity contribution in [2.75, 3.05) is 5.75 Å². The van der Waals surface area contributed by atoms with Crippen LogP contribution in [0.4, 0.5) is 0 Å². The van der Waals surface area contributed by atoms with E-state index in [1.165, 1.54) is 51.1 Å². The number of hydrogen-bond donors (Lipinski definition) is 6. The van der Waals surface area contributed by atoms with Crippen LogP contribution in [0.3, 0.4) is 0 Å². The molecule has 12 nitrogen and oxygen atoms in total. The van der Waals surface area contributed by atoms with E-state index in [0.29, 0.717) is 17.3 Å². The van der Waals surface area contributed by atoms with E-state index in [4.69, 9.17) is 0 Å². The number of rotatable bonds is 3. The molecular weight excluding hydrogens is 727 g/mol. The second-order valence-corrected chi connectivity index (χ2v) is 15.0. The molecule has 1 amide bonds. The molecule has 6 N–H and O–H groups in total. The standard InChI is InChI=1S/C42H49NO11S/c1-21-11-9-8-10-12-24(4)42(54)43-35-39(52)29-18-27(7)38(51)34(33(29)40(53)41(35)55-20-32(47)48)37(50)26(6)17-25(5)36(49)23(3)14-16-28(44)15-13-22(2)31(46)19-30(21)45/h8-14,16-18,21,23,25,28,30,36,44-45,49,51H,15,19-20H2,1-7H3,(H,43,54)(H,47,48)/b10-8-,11-9-,16-14-,22-13-,24-12-,26-17-/t21-,23-,25-,28-,30-,36-/m0/s1. The van der Waals surface area contributed by atoms with E-state index in [2.05, 4.69) is 5.32 Å². The molecule has 0 unspecified atom stereocenters. The van der Waals surface area contributed by atoms with Gasteiger partial charge in [0.25, 0.3) is 5.91 Å². The number of Topliss-reactive ketones (excluding diaryl/α,β-unsaturated/α-hetero) is 4. The topological polar surface area (TPSA) is 216 Å². The molecule has 4 bridgehead atoms. The van der Waals surface area contributed by atoms with E-state index in [1.807, 2.05) is 0 Å². The molecule has 2 aliphatic heterocycles. The molecule has 0 aromatic heterocycles. The number of aliphatic hydroxyl groups is 3. The predicted octanol–water partition coefficient (Wildman–Crippen LogP) is 5.27. The Bertz CT molecular complexity index is 1960. The summed E-state index contributed by atoms with van der Waals surface area (Å²) in [6.45, 7) is 11.0. The van der Waals surface area contributed by atoms with Crippen molar-refractivity contribution in [3.05, 3.63) is 110 Å². The highest BCUT2D eigenvalue weighted by Crippen LogP contribution is 2.39. The molecule has 0 saturated carbocycles. The summed E-state index contributed by atoms with van der Waals surface area (Å²) in [4.78, 5) is 79.4. The van der Waals surface area contributed by atoms with Crippen LogP contribution in [0.1, 0.15) is 91.0 Å². The van der Waals surface area contributed by atoms with Gasteiger partial charge < -0.3 is 30.8 Å². The zero-order valence-electron chi connectivity index (χ0n) is 32.0. The number of carboxylic acids is 1. The van der Waals surface area contributed by atoms with Crippen LogP contribution in [0.5, 0.6) is 5.75 Å². The first-order chi connectivity index (χ1) is 25.8. The fraction of sp³-hybridized carbons (Fsp3) is 0.381. The molecule has 6 atom stereocenters. The van der Waals surface area contributed by atoms with Crippen molar-refractivity contribution >= 4 is 46.8 Å². The molecule has 1 aliphatic carbocycles. The molecule has 55 heavy (non-hydrogen) atoms. The second-order valence-electron chi connectivity index (χ2n) is 14.0. The number of carboxylic acid groups (broad SMARTS) is 1. The molecule has 2 heterocycles. The van der Waals surface area contributed by atoms with Gasteiger partial charge in [-0.25, -0.2) is 0 Å². The molecule has 0 saturated heterocycles. The predicted molar refractivity (Wildman–Crippen MR) is 210 cm³/mol. The quantitative estimate of drug-likeness (QED) is 0.217. The summed E-state index contributed by atoms with van der Waals surface area (Å²) >= 11 is 0.487. The molecule has 0 spiro atoms. The van der Waals surface area contributed by atoms with Gasteiger partial charge in [-0.2, -0.15) is 0 Å². The Kier molecular flexibility index (Phi) is 15.8. The number of amides is 1. The molecule has 294 valence electrons. The summed E-state index contributed by atoms with van der Waals surface area (Å²) < 4.78 is 0. The van der Waals surface area contributed by atoms with Crippen molar-refractivity contribution in [1.82, 2.24) is 5.32 Å². The Morgan fingerprint density at radius 3 is 2.13 bits per heavy atom. The maximum atomic E-state index is 14.2. The minimum Gasteiger partial charge on any atom is -0.507 e. The highest BCUT2D eigenvalue weighted by Gasteiger charge is 2.39. The summed E-state index contributed by atoms with van der Waals surface area (Å²) in [5.74, 6) is -7.80. The average Bonchev–Trinajstić information content (AvgIpc) is 3.13. The lowest BCUT2D eigenvalue weighted by Gasteiger charge is -2.25. The number of nitrogens with one attached hydrogen (secondary N) is 1. The summed E-state index contributed by atoms with van der Waals surface area (Å²) in [6, 6.07) is 1.23. The lowest BCUT2D eigenvalue weighted by molar-refractivity contribution is -0.134. The number of aliphatic carboxylic acids is 1. The van der Waals surface area contributed by atoms with Crippen LogP contribution in [0.15, 0.2) is 88.1 Å². The third kappa shape index (κ3) is 11.3. The van der Waals surface area contributed by atoms with E-state index < -0.39 is 98.5 Å². The van der Waals surface area contributed by atoms with Gasteiger partial charge in [-0.05, 0) is 56.9 Å². The number of benzene rings is 1. The minimum absolute atomic E-state index is 0.0337. The number of ketones is 4. The summed E-state index contributed by atoms with van der Waals surface area (Å²) in [6.07, 6.45) is 10.9. The van der Waals surface area contributed by atoms with E-state index in [-0.39, 0.29) is 40.9 Å². The van der Waals surface area contributed by atoms with Gasteiger partial charge >= 0.3 is 5.97 Å². The highest BCUT2D eigenvalue weighted by molar-refractivity contribution is 8.04. The molecular formula is C42H49NO11S. The average molecular weight is 776 g/mol. The van der Waals surface area contributed by atoms with E-state index in [0.717, 1.165) is 0 Å². The van der Waals surface area contributed by atoms with Gasteiger partial charge in [0, 0.05) is 40.9 Å². The molecule has 13 heteroatoms. The lowest BCUT2D eigenvalue weighted by Crippen LogP contribution is -2.35. The zero-order chi connectivity index (χ0) is 41.3. The van der Waals surface area contributed by atoms with Gasteiger partial charge in [-0.3, -0.25) is 28.8 Å². The van der Waals surface area contributed by atoms with Gasteiger partial charge in [0.05, 0.1) is 34.5 Å². The number of aromatic hydroxyl groups is 1. The van der Waals surface area contributed by atoms with Gasteiger partial charge in [0.1, 0.15) is 11.4 Å². The molecule has 0 fully saturated rings. The number of thioether (sulfide) groups is 1. The fourth-order valence-electron chi connectivity index (χ4n) is 5.90. The molecule has 3 aliphatic rings. The number of fused-ring (bicyclic) bond motifs is 18. The number of phenolic OH excluding ortho intramolecular Hbond substituents is 1. The normalized spacial score (nSPS) is 30.1. The molecule has 1 aromatic rings. The monoisotopic (exact) mass is 775 g/mol. The lowest BCUT2D eigenvalue weighted by atomic mass is 9.83. The number of phenols is 1. The van der Waals surface area contributed by atoms with Crippen molar-refractivity contribution in [2.45, 2.75) is 79.6 Å². The van der Waals surface area contributed by atoms with Crippen molar-refractivity contribution in [1.29, 1.82) is 0 Å². The molecule has 0 radical (unpaired) electrons. The van der Waals surface area contributed by atoms with E-state index in [9.17, 15) is 54.3 Å². The van der Waals surface area contributed by atoms with Crippen molar-refractivity contribution in [3.8, 4) is 5.75 Å². The second kappa shape index (κ2) is 19.6. The maximum absolute atomic E-state index is 14.2. The molecule has 4 rings (SSSR count). The third-order valence-electron chi connectivity index (χ3n) is 9.46. The van der Waals surface area contributed by atoms with Gasteiger partial charge in [-0.15, -0.1) is 11.8 Å². The first kappa shape index (κ1) is 44.4. The summed E-state index contributed by atoms with van der Waals surface area (Å²) in [5.41, 5.74) is -1.04. The van der Waals surface area contributed by atoms with Crippen LogP contribution in [0, 0.1) is 24.7 Å². The minimum atomic E-state index is -1.32. The van der Waals surface area contributed by atoms with Gasteiger partial charge in [0.15, 0.2) is 11.6 Å². The van der Waals surface area contributed by atoms with Crippen molar-refractivity contribution in [2.24, 2.45) is 17.8 Å². The Labute approximate surface area is 324 Å². The number of allylic oxidation sites excluding steroid dienone is 8. The number of aliphatic hydroxyl groups excluding tert-OH is 3. The molecule has 1 aromatic carbocycles. The fourth-order valence-corrected chi connectivity index (χ4v) is 6.69. The number of aryl methyl sites for hydroxylation is 1. The van der Waals surface area contributed by atoms with Crippen LogP contribution in [-0.4, -0.2) is 84.6 Å². The first-order valence-electron chi connectivity index (χ1n) is 17.8. The van der Waals surface area contributed by atoms with Crippen LogP contribution < -0.4 is 5.32 Å². The van der Waals surface area contributed by atoms with Crippen LogP contribution in [0.2, 0.25) is 0 Å². The summed E-state index contributed by atoms with van der Waals surface area (Å²) in [7, 11) is 0. The van der Waals surface area contributed by atoms with Crippen molar-refractivity contribution in [3.63, 3.8) is 0 Å². The summed E-state index contributed by atoms with van der Waals surface area (Å²) in [5, 5.41) is 55.3. The third-order valence-corrected chi connectivity index (χ3v) is 10.5.